The fraction of sp³-hybridized carbons (Fsp3) is 0.286. The van der Waals surface area contributed by atoms with E-state index in [1.807, 2.05) is 12.1 Å². The van der Waals surface area contributed by atoms with Crippen molar-refractivity contribution >= 4 is 15.9 Å². The predicted molar refractivity (Wildman–Crippen MR) is 112 cm³/mol. The van der Waals surface area contributed by atoms with Gasteiger partial charge in [0.2, 0.25) is 15.8 Å². The fourth-order valence-corrected chi connectivity index (χ4v) is 4.80. The summed E-state index contributed by atoms with van der Waals surface area (Å²) in [4.78, 5) is 16.6. The summed E-state index contributed by atoms with van der Waals surface area (Å²) in [5.41, 5.74) is 1.45. The van der Waals surface area contributed by atoms with Gasteiger partial charge in [-0.25, -0.2) is 8.42 Å². The Hall–Kier alpha value is -3.24. The first kappa shape index (κ1) is 21.0. The molecule has 0 radical (unpaired) electrons. The van der Waals surface area contributed by atoms with Gasteiger partial charge >= 0.3 is 11.8 Å². The van der Waals surface area contributed by atoms with Gasteiger partial charge in [0.25, 0.3) is 0 Å². The van der Waals surface area contributed by atoms with Crippen molar-refractivity contribution in [3.05, 3.63) is 60.0 Å². The van der Waals surface area contributed by atoms with Gasteiger partial charge in [-0.1, -0.05) is 17.3 Å². The molecule has 1 amide bonds. The Balaban J connectivity index is 1.41. The average Bonchev–Trinajstić information content (AvgIpc) is 3.51. The van der Waals surface area contributed by atoms with Crippen LogP contribution in [0.15, 0.2) is 57.9 Å². The number of carbonyl (C=O) groups is 1. The predicted octanol–water partition coefficient (Wildman–Crippen LogP) is 2.46. The molecule has 0 bridgehead atoms. The molecule has 0 unspecified atom stereocenters. The van der Waals surface area contributed by atoms with Crippen molar-refractivity contribution in [2.24, 2.45) is 0 Å². The molecule has 0 atom stereocenters. The molecule has 1 aliphatic rings. The Morgan fingerprint density at radius 2 is 1.77 bits per heavy atom. The lowest BCUT2D eigenvalue weighted by molar-refractivity contribution is 0.0907. The lowest BCUT2D eigenvalue weighted by Crippen LogP contribution is -2.27. The molecule has 1 aliphatic heterocycles. The number of hydrogen-bond acceptors (Lipinski definition) is 7. The second kappa shape index (κ2) is 8.86. The zero-order valence-electron chi connectivity index (χ0n) is 16.9. The van der Waals surface area contributed by atoms with E-state index in [1.54, 1.807) is 31.4 Å². The van der Waals surface area contributed by atoms with Gasteiger partial charge in [-0.15, -0.1) is 0 Å². The summed E-state index contributed by atoms with van der Waals surface area (Å²) in [5, 5.41) is 6.55. The van der Waals surface area contributed by atoms with Gasteiger partial charge < -0.3 is 14.6 Å². The molecule has 31 heavy (non-hydrogen) atoms. The number of ether oxygens (including phenoxy) is 1. The van der Waals surface area contributed by atoms with Crippen LogP contribution in [0, 0.1) is 0 Å². The van der Waals surface area contributed by atoms with E-state index in [9.17, 15) is 13.2 Å². The quantitative estimate of drug-likeness (QED) is 0.598. The van der Waals surface area contributed by atoms with Crippen LogP contribution in [0.1, 0.15) is 29.1 Å². The molecule has 0 saturated carbocycles. The first-order valence-electron chi connectivity index (χ1n) is 9.83. The van der Waals surface area contributed by atoms with Crippen LogP contribution in [0.3, 0.4) is 0 Å². The molecule has 1 fully saturated rings. The van der Waals surface area contributed by atoms with Gasteiger partial charge in [0, 0.05) is 25.2 Å². The van der Waals surface area contributed by atoms with E-state index >= 15 is 0 Å². The number of hydrogen-bond donors (Lipinski definition) is 1. The largest absolute Gasteiger partial charge is 0.497 e. The second-order valence-corrected chi connectivity index (χ2v) is 9.03. The Bertz CT molecular complexity index is 1150. The Kier molecular flexibility index (Phi) is 6.01. The maximum Gasteiger partial charge on any atom is 0.316 e. The van der Waals surface area contributed by atoms with Gasteiger partial charge in [-0.05, 0) is 54.8 Å². The molecule has 10 heteroatoms. The number of sulfonamides is 1. The molecular formula is C21H22N4O5S. The van der Waals surface area contributed by atoms with Gasteiger partial charge in [-0.3, -0.25) is 4.79 Å². The smallest absolute Gasteiger partial charge is 0.316 e. The van der Waals surface area contributed by atoms with Gasteiger partial charge in [0.05, 0.1) is 12.0 Å². The number of nitrogens with zero attached hydrogens (tertiary/aromatic N) is 3. The highest BCUT2D eigenvalue weighted by atomic mass is 32.2. The Labute approximate surface area is 180 Å². The minimum absolute atomic E-state index is 0.169. The van der Waals surface area contributed by atoms with Crippen LogP contribution in [-0.2, 0) is 16.6 Å². The molecule has 1 aromatic heterocycles. The topological polar surface area (TPSA) is 115 Å². The summed E-state index contributed by atoms with van der Waals surface area (Å²) in [6, 6.07) is 13.5. The second-order valence-electron chi connectivity index (χ2n) is 7.09. The van der Waals surface area contributed by atoms with Crippen molar-refractivity contribution in [1.82, 2.24) is 19.8 Å². The van der Waals surface area contributed by atoms with E-state index in [-0.39, 0.29) is 16.6 Å². The van der Waals surface area contributed by atoms with E-state index in [0.717, 1.165) is 24.2 Å². The molecule has 3 aromatic rings. The van der Waals surface area contributed by atoms with Crippen molar-refractivity contribution in [3.8, 4) is 17.1 Å². The number of aromatic nitrogens is 2. The highest BCUT2D eigenvalue weighted by molar-refractivity contribution is 7.89. The van der Waals surface area contributed by atoms with Crippen LogP contribution in [0.2, 0.25) is 0 Å². The van der Waals surface area contributed by atoms with Crippen molar-refractivity contribution < 1.29 is 22.5 Å². The summed E-state index contributed by atoms with van der Waals surface area (Å²) in [5.74, 6) is 0.274. The maximum atomic E-state index is 12.6. The first-order chi connectivity index (χ1) is 15.0. The van der Waals surface area contributed by atoms with Crippen LogP contribution < -0.4 is 10.1 Å². The minimum Gasteiger partial charge on any atom is -0.497 e. The van der Waals surface area contributed by atoms with E-state index in [4.69, 9.17) is 9.26 Å². The minimum atomic E-state index is -3.49. The van der Waals surface area contributed by atoms with Crippen molar-refractivity contribution in [2.45, 2.75) is 24.3 Å². The molecule has 0 spiro atoms. The Morgan fingerprint density at radius 1 is 1.10 bits per heavy atom. The molecule has 1 saturated heterocycles. The summed E-state index contributed by atoms with van der Waals surface area (Å²) in [6.07, 6.45) is 1.76. The SMILES string of the molecule is COc1ccc(CNC(=O)c2nc(-c3ccc(S(=O)(=O)N4CCCC4)cc3)no2)cc1. The van der Waals surface area contributed by atoms with Crippen molar-refractivity contribution in [2.75, 3.05) is 20.2 Å². The van der Waals surface area contributed by atoms with Crippen LogP contribution in [0.5, 0.6) is 5.75 Å². The van der Waals surface area contributed by atoms with Crippen molar-refractivity contribution in [3.63, 3.8) is 0 Å². The molecule has 2 aromatic carbocycles. The van der Waals surface area contributed by atoms with Gasteiger partial charge in [-0.2, -0.15) is 9.29 Å². The standard InChI is InChI=1S/C21H22N4O5S/c1-29-17-8-4-15(5-9-17)14-22-20(26)21-23-19(24-30-21)16-6-10-18(11-7-16)31(27,28)25-12-2-3-13-25/h4-11H,2-3,12-14H2,1H3,(H,22,26). The van der Waals surface area contributed by atoms with Crippen LogP contribution in [0.25, 0.3) is 11.4 Å². The number of methoxy groups -OCH3 is 1. The summed E-state index contributed by atoms with van der Waals surface area (Å²) >= 11 is 0. The Morgan fingerprint density at radius 3 is 2.42 bits per heavy atom. The fourth-order valence-electron chi connectivity index (χ4n) is 3.29. The number of benzene rings is 2. The van der Waals surface area contributed by atoms with E-state index in [2.05, 4.69) is 15.5 Å². The van der Waals surface area contributed by atoms with E-state index in [0.29, 0.717) is 25.2 Å². The van der Waals surface area contributed by atoms with Crippen LogP contribution >= 0.6 is 0 Å². The third-order valence-corrected chi connectivity index (χ3v) is 6.96. The maximum absolute atomic E-state index is 12.6. The molecule has 162 valence electrons. The summed E-state index contributed by atoms with van der Waals surface area (Å²) in [6.45, 7) is 1.39. The van der Waals surface area contributed by atoms with E-state index in [1.165, 1.54) is 16.4 Å². The molecule has 1 N–H and O–H groups in total. The van der Waals surface area contributed by atoms with Crippen LogP contribution in [-0.4, -0.2) is 49.0 Å². The highest BCUT2D eigenvalue weighted by Crippen LogP contribution is 2.23. The summed E-state index contributed by atoms with van der Waals surface area (Å²) < 4.78 is 36.9. The van der Waals surface area contributed by atoms with Gasteiger partial charge in [0.15, 0.2) is 0 Å². The molecule has 0 aliphatic carbocycles. The molecule has 2 heterocycles. The van der Waals surface area contributed by atoms with Crippen molar-refractivity contribution in [1.29, 1.82) is 0 Å². The lowest BCUT2D eigenvalue weighted by atomic mass is 10.2. The lowest BCUT2D eigenvalue weighted by Gasteiger charge is -2.15. The molecule has 4 rings (SSSR count). The first-order valence-corrected chi connectivity index (χ1v) is 11.3. The molecule has 9 nitrogen and oxygen atoms in total. The zero-order valence-corrected chi connectivity index (χ0v) is 17.8. The number of rotatable bonds is 7. The molecular weight excluding hydrogens is 420 g/mol. The monoisotopic (exact) mass is 442 g/mol. The number of amides is 1. The third kappa shape index (κ3) is 4.59. The zero-order chi connectivity index (χ0) is 21.8. The van der Waals surface area contributed by atoms with Gasteiger partial charge in [0.1, 0.15) is 5.75 Å². The number of nitrogens with one attached hydrogen (secondary N) is 1. The average molecular weight is 442 g/mol. The van der Waals surface area contributed by atoms with E-state index < -0.39 is 15.9 Å². The normalized spacial score (nSPS) is 14.5. The number of carbonyl (C=O) groups excluding carboxylic acids is 1. The summed E-state index contributed by atoms with van der Waals surface area (Å²) in [7, 11) is -1.90. The highest BCUT2D eigenvalue weighted by Gasteiger charge is 2.27. The van der Waals surface area contributed by atoms with Crippen LogP contribution in [0.4, 0.5) is 0 Å². The third-order valence-electron chi connectivity index (χ3n) is 5.05.